The van der Waals surface area contributed by atoms with Crippen molar-refractivity contribution in [3.8, 4) is 28.5 Å². The number of benzene rings is 3. The zero-order chi connectivity index (χ0) is 30.8. The van der Waals surface area contributed by atoms with Gasteiger partial charge in [0, 0.05) is 21.9 Å². The summed E-state index contributed by atoms with van der Waals surface area (Å²) in [6, 6.07) is 20.1. The number of hydrogen-bond acceptors (Lipinski definition) is 6. The van der Waals surface area contributed by atoms with Crippen molar-refractivity contribution < 1.29 is 0 Å². The van der Waals surface area contributed by atoms with E-state index in [1.54, 1.807) is 0 Å². The second-order valence-electron chi connectivity index (χ2n) is 13.5. The van der Waals surface area contributed by atoms with E-state index < -0.39 is 0 Å². The van der Waals surface area contributed by atoms with Crippen molar-refractivity contribution in [2.24, 2.45) is 0 Å². The highest BCUT2D eigenvalue weighted by atomic mass is 15.0. The fourth-order valence-electron chi connectivity index (χ4n) is 5.75. The van der Waals surface area contributed by atoms with Crippen LogP contribution in [0.3, 0.4) is 0 Å². The average Bonchev–Trinajstić information content (AvgIpc) is 3.23. The lowest BCUT2D eigenvalue weighted by atomic mass is 9.85. The topological polar surface area (TPSA) is 82.3 Å². The Morgan fingerprint density at radius 2 is 0.930 bits per heavy atom. The highest BCUT2D eigenvalue weighted by Crippen LogP contribution is 2.40. The Bertz CT molecular complexity index is 1930. The molecule has 0 bridgehead atoms. The van der Waals surface area contributed by atoms with E-state index >= 15 is 0 Å². The van der Waals surface area contributed by atoms with Crippen molar-refractivity contribution in [3.63, 3.8) is 0 Å². The Kier molecular flexibility index (Phi) is 6.68. The second-order valence-corrected chi connectivity index (χ2v) is 13.5. The van der Waals surface area contributed by atoms with Gasteiger partial charge in [-0.2, -0.15) is 0 Å². The molecule has 0 atom stereocenters. The zero-order valence-corrected chi connectivity index (χ0v) is 26.8. The summed E-state index contributed by atoms with van der Waals surface area (Å²) in [5, 5.41) is 2.46. The molecule has 0 aliphatic heterocycles. The maximum atomic E-state index is 4.81. The van der Waals surface area contributed by atoms with Crippen LogP contribution >= 0.6 is 0 Å². The number of aromatic nitrogens is 7. The molecular weight excluding hydrogens is 530 g/mol. The third-order valence-electron chi connectivity index (χ3n) is 7.95. The predicted molar refractivity (Wildman–Crippen MR) is 175 cm³/mol. The van der Waals surface area contributed by atoms with Gasteiger partial charge in [0.2, 0.25) is 0 Å². The molecule has 3 heterocycles. The minimum atomic E-state index is 0.0256. The Morgan fingerprint density at radius 3 is 1.37 bits per heavy atom. The molecule has 3 aromatic carbocycles. The van der Waals surface area contributed by atoms with E-state index in [9.17, 15) is 0 Å². The normalized spacial score (nSPS) is 12.4. The minimum Gasteiger partial charge on any atom is -0.309 e. The molecular formula is C36H39N7. The number of nitrogens with zero attached hydrogens (tertiary/aromatic N) is 7. The molecule has 7 nitrogen and oxygen atoms in total. The lowest BCUT2D eigenvalue weighted by molar-refractivity contribution is 0.590. The van der Waals surface area contributed by atoms with E-state index in [1.165, 1.54) is 21.9 Å². The monoisotopic (exact) mass is 569 g/mol. The summed E-state index contributed by atoms with van der Waals surface area (Å²) >= 11 is 0. The van der Waals surface area contributed by atoms with Gasteiger partial charge in [0.25, 0.3) is 0 Å². The van der Waals surface area contributed by atoms with Crippen LogP contribution in [0.15, 0.2) is 54.6 Å². The molecule has 0 aliphatic carbocycles. The van der Waals surface area contributed by atoms with Crippen LogP contribution in [0.4, 0.5) is 0 Å². The smallest absolute Gasteiger partial charge is 0.165 e. The highest BCUT2D eigenvalue weighted by Gasteiger charge is 2.23. The van der Waals surface area contributed by atoms with Crippen molar-refractivity contribution in [2.75, 3.05) is 0 Å². The van der Waals surface area contributed by atoms with Crippen molar-refractivity contribution in [1.82, 2.24) is 34.5 Å². The van der Waals surface area contributed by atoms with Crippen molar-refractivity contribution in [1.29, 1.82) is 0 Å². The maximum absolute atomic E-state index is 4.81. The number of aryl methyl sites for hydroxylation is 4. The fourth-order valence-corrected chi connectivity index (χ4v) is 5.75. The van der Waals surface area contributed by atoms with Crippen molar-refractivity contribution in [3.05, 3.63) is 89.0 Å². The number of fused-ring (bicyclic) bond motifs is 3. The van der Waals surface area contributed by atoms with Crippen LogP contribution in [0.2, 0.25) is 0 Å². The van der Waals surface area contributed by atoms with Gasteiger partial charge < -0.3 is 4.57 Å². The Hall–Kier alpha value is -4.52. The lowest BCUT2D eigenvalue weighted by Crippen LogP contribution is -2.10. The molecule has 0 fully saturated rings. The molecule has 0 unspecified atom stereocenters. The van der Waals surface area contributed by atoms with Crippen LogP contribution in [0.25, 0.3) is 50.3 Å². The van der Waals surface area contributed by atoms with Crippen LogP contribution in [-0.4, -0.2) is 34.5 Å². The maximum Gasteiger partial charge on any atom is 0.165 e. The SMILES string of the molecule is Cc1nc(C)nc(-c2ccc(-n3c4ccc(C(C)(C)C)cc4c4cc(C(C)(C)C)ccc43)c(-c3nc(C)nc(C)n3)c2)n1. The molecule has 3 aromatic heterocycles. The number of rotatable bonds is 3. The molecule has 0 saturated heterocycles. The first-order valence-electron chi connectivity index (χ1n) is 14.8. The van der Waals surface area contributed by atoms with E-state index in [0.717, 1.165) is 27.8 Å². The van der Waals surface area contributed by atoms with Gasteiger partial charge in [0.1, 0.15) is 23.3 Å². The molecule has 218 valence electrons. The first-order valence-corrected chi connectivity index (χ1v) is 14.8. The van der Waals surface area contributed by atoms with E-state index in [4.69, 9.17) is 9.97 Å². The van der Waals surface area contributed by atoms with Gasteiger partial charge in [0.05, 0.1) is 16.7 Å². The summed E-state index contributed by atoms with van der Waals surface area (Å²) in [6.07, 6.45) is 0. The predicted octanol–water partition coefficient (Wildman–Crippen LogP) is 8.32. The first-order chi connectivity index (χ1) is 20.2. The zero-order valence-electron chi connectivity index (χ0n) is 26.8. The summed E-state index contributed by atoms with van der Waals surface area (Å²) < 4.78 is 2.35. The Morgan fingerprint density at radius 1 is 0.488 bits per heavy atom. The van der Waals surface area contributed by atoms with Gasteiger partial charge in [-0.05, 0) is 92.1 Å². The summed E-state index contributed by atoms with van der Waals surface area (Å²) in [5.41, 5.74) is 7.70. The Labute approximate surface area is 253 Å². The molecule has 0 saturated carbocycles. The van der Waals surface area contributed by atoms with Crippen molar-refractivity contribution in [2.45, 2.75) is 80.1 Å². The molecule has 0 aliphatic rings. The molecule has 43 heavy (non-hydrogen) atoms. The van der Waals surface area contributed by atoms with E-state index in [2.05, 4.69) is 121 Å². The van der Waals surface area contributed by atoms with Crippen LogP contribution in [0.1, 0.15) is 76.0 Å². The van der Waals surface area contributed by atoms with Crippen molar-refractivity contribution >= 4 is 21.8 Å². The van der Waals surface area contributed by atoms with Crippen LogP contribution in [0, 0.1) is 27.7 Å². The van der Waals surface area contributed by atoms with E-state index in [-0.39, 0.29) is 10.8 Å². The third-order valence-corrected chi connectivity index (χ3v) is 7.95. The highest BCUT2D eigenvalue weighted by molar-refractivity contribution is 6.10. The second kappa shape index (κ2) is 10.0. The van der Waals surface area contributed by atoms with Crippen LogP contribution in [0.5, 0.6) is 0 Å². The summed E-state index contributed by atoms with van der Waals surface area (Å²) in [5.74, 6) is 3.98. The van der Waals surface area contributed by atoms with E-state index in [1.807, 2.05) is 27.7 Å². The molecule has 0 spiro atoms. The van der Waals surface area contributed by atoms with Gasteiger partial charge in [0.15, 0.2) is 11.6 Å². The average molecular weight is 570 g/mol. The molecule has 0 amide bonds. The van der Waals surface area contributed by atoms with Crippen LogP contribution in [-0.2, 0) is 10.8 Å². The molecule has 6 rings (SSSR count). The lowest BCUT2D eigenvalue weighted by Gasteiger charge is -2.19. The molecule has 7 heteroatoms. The Balaban J connectivity index is 1.71. The van der Waals surface area contributed by atoms with Crippen LogP contribution < -0.4 is 0 Å². The molecule has 0 radical (unpaired) electrons. The summed E-state index contributed by atoms with van der Waals surface area (Å²) in [4.78, 5) is 27.8. The number of hydrogen-bond donors (Lipinski definition) is 0. The largest absolute Gasteiger partial charge is 0.309 e. The van der Waals surface area contributed by atoms with Gasteiger partial charge in [-0.1, -0.05) is 53.7 Å². The van der Waals surface area contributed by atoms with Gasteiger partial charge in [-0.25, -0.2) is 29.9 Å². The van der Waals surface area contributed by atoms with E-state index in [0.29, 0.717) is 34.9 Å². The fraction of sp³-hybridized carbons (Fsp3) is 0.333. The molecule has 6 aromatic rings. The molecule has 0 N–H and O–H groups in total. The summed E-state index contributed by atoms with van der Waals surface area (Å²) in [6.45, 7) is 21.2. The van der Waals surface area contributed by atoms with Gasteiger partial charge in [-0.3, -0.25) is 0 Å². The minimum absolute atomic E-state index is 0.0256. The first kappa shape index (κ1) is 28.6. The quantitative estimate of drug-likeness (QED) is 0.213. The van der Waals surface area contributed by atoms with Gasteiger partial charge in [-0.15, -0.1) is 0 Å². The summed E-state index contributed by atoms with van der Waals surface area (Å²) in [7, 11) is 0. The van der Waals surface area contributed by atoms with Gasteiger partial charge >= 0.3 is 0 Å². The third kappa shape index (κ3) is 5.29. The standard InChI is InChI=1S/C36H39N7/c1-20-37-21(2)40-33(39-20)24-11-14-32(29(17-24)34-41-22(3)38-23(4)42-34)43-30-15-12-25(35(5,6)7)18-27(30)28-19-26(36(8,9)10)13-16-31(28)43/h11-19H,1-10H3.